The van der Waals surface area contributed by atoms with Gasteiger partial charge in [-0.25, -0.2) is 4.79 Å². The molecule has 1 aliphatic heterocycles. The molecule has 1 fully saturated rings. The number of esters is 1. The zero-order valence-corrected chi connectivity index (χ0v) is 17.3. The standard InChI is InChI=1S/C22H32N2O5/c1-3-29-22(28)19(14-13-17-10-6-4-7-11-17)23-18-12-8-5-9-15-24(20(18)25)16(2)21(26)27/h4,6-7,10-11,16,18-19,23H,3,5,8-9,12-15H2,1-2H3,(H,26,27). The van der Waals surface area contributed by atoms with E-state index < -0.39 is 24.1 Å². The zero-order valence-electron chi connectivity index (χ0n) is 17.3. The normalized spacial score (nSPS) is 19.7. The summed E-state index contributed by atoms with van der Waals surface area (Å²) in [5.74, 6) is -1.66. The molecular formula is C22H32N2O5. The smallest absolute Gasteiger partial charge is 0.326 e. The molecule has 0 aromatic heterocycles. The number of carbonyl (C=O) groups is 3. The zero-order chi connectivity index (χ0) is 21.2. The lowest BCUT2D eigenvalue weighted by Crippen LogP contribution is -2.56. The Balaban J connectivity index is 2.13. The maximum absolute atomic E-state index is 13.1. The van der Waals surface area contributed by atoms with Gasteiger partial charge in [-0.1, -0.05) is 43.2 Å². The van der Waals surface area contributed by atoms with Gasteiger partial charge in [-0.15, -0.1) is 0 Å². The van der Waals surface area contributed by atoms with Crippen LogP contribution in [0.15, 0.2) is 30.3 Å². The van der Waals surface area contributed by atoms with Gasteiger partial charge in [0.25, 0.3) is 0 Å². The van der Waals surface area contributed by atoms with Crippen LogP contribution >= 0.6 is 0 Å². The van der Waals surface area contributed by atoms with E-state index in [-0.39, 0.29) is 18.5 Å². The number of carbonyl (C=O) groups excluding carboxylic acids is 2. The Hall–Kier alpha value is -2.41. The first-order chi connectivity index (χ1) is 13.9. The van der Waals surface area contributed by atoms with Crippen molar-refractivity contribution < 1.29 is 24.2 Å². The van der Waals surface area contributed by atoms with Crippen molar-refractivity contribution in [2.24, 2.45) is 0 Å². The summed E-state index contributed by atoms with van der Waals surface area (Å²) in [6.45, 7) is 3.96. The summed E-state index contributed by atoms with van der Waals surface area (Å²) in [7, 11) is 0. The molecule has 1 aromatic carbocycles. The van der Waals surface area contributed by atoms with Gasteiger partial charge in [0.05, 0.1) is 12.6 Å². The number of amides is 1. The van der Waals surface area contributed by atoms with E-state index in [0.717, 1.165) is 24.8 Å². The minimum Gasteiger partial charge on any atom is -0.480 e. The highest BCUT2D eigenvalue weighted by molar-refractivity contribution is 5.87. The number of carboxylic acids is 1. The summed E-state index contributed by atoms with van der Waals surface area (Å²) in [5.41, 5.74) is 1.11. The van der Waals surface area contributed by atoms with Gasteiger partial charge in [0.1, 0.15) is 12.1 Å². The van der Waals surface area contributed by atoms with Crippen LogP contribution in [0.25, 0.3) is 0 Å². The fourth-order valence-corrected chi connectivity index (χ4v) is 3.62. The van der Waals surface area contributed by atoms with E-state index in [2.05, 4.69) is 5.32 Å². The molecule has 0 bridgehead atoms. The maximum atomic E-state index is 13.1. The number of hydrogen-bond acceptors (Lipinski definition) is 5. The number of nitrogens with one attached hydrogen (secondary N) is 1. The van der Waals surface area contributed by atoms with Gasteiger partial charge in [0, 0.05) is 6.54 Å². The quantitative estimate of drug-likeness (QED) is 0.614. The molecule has 160 valence electrons. The van der Waals surface area contributed by atoms with Crippen molar-refractivity contribution >= 4 is 17.8 Å². The Morgan fingerprint density at radius 1 is 1.24 bits per heavy atom. The molecule has 1 aromatic rings. The molecule has 1 heterocycles. The average molecular weight is 405 g/mol. The Labute approximate surface area is 172 Å². The van der Waals surface area contributed by atoms with Crippen LogP contribution in [0.4, 0.5) is 0 Å². The molecule has 3 unspecified atom stereocenters. The molecule has 1 amide bonds. The summed E-state index contributed by atoms with van der Waals surface area (Å²) < 4.78 is 5.22. The topological polar surface area (TPSA) is 95.9 Å². The SMILES string of the molecule is CCOC(=O)C(CCc1ccccc1)NC1CCCCCN(C(C)C(=O)O)C1=O. The fourth-order valence-electron chi connectivity index (χ4n) is 3.62. The monoisotopic (exact) mass is 404 g/mol. The number of nitrogens with zero attached hydrogens (tertiary/aromatic N) is 1. The molecule has 1 saturated heterocycles. The molecule has 1 aliphatic rings. The molecule has 7 nitrogen and oxygen atoms in total. The highest BCUT2D eigenvalue weighted by atomic mass is 16.5. The summed E-state index contributed by atoms with van der Waals surface area (Å²) in [6.07, 6.45) is 4.30. The molecule has 29 heavy (non-hydrogen) atoms. The van der Waals surface area contributed by atoms with Gasteiger partial charge in [0.15, 0.2) is 0 Å². The first kappa shape index (κ1) is 22.9. The van der Waals surface area contributed by atoms with Crippen molar-refractivity contribution in [1.82, 2.24) is 10.2 Å². The van der Waals surface area contributed by atoms with E-state index in [1.165, 1.54) is 11.8 Å². The van der Waals surface area contributed by atoms with E-state index in [1.807, 2.05) is 30.3 Å². The molecule has 7 heteroatoms. The van der Waals surface area contributed by atoms with Crippen molar-refractivity contribution in [2.45, 2.75) is 70.5 Å². The Morgan fingerprint density at radius 3 is 2.62 bits per heavy atom. The summed E-state index contributed by atoms with van der Waals surface area (Å²) in [6, 6.07) is 7.73. The second-order valence-corrected chi connectivity index (χ2v) is 7.44. The van der Waals surface area contributed by atoms with Gasteiger partial charge in [-0.05, 0) is 45.1 Å². The van der Waals surface area contributed by atoms with Crippen molar-refractivity contribution in [1.29, 1.82) is 0 Å². The molecule has 2 N–H and O–H groups in total. The van der Waals surface area contributed by atoms with E-state index in [0.29, 0.717) is 25.8 Å². The number of benzene rings is 1. The molecular weight excluding hydrogens is 372 g/mol. The number of aryl methyl sites for hydroxylation is 1. The summed E-state index contributed by atoms with van der Waals surface area (Å²) >= 11 is 0. The summed E-state index contributed by atoms with van der Waals surface area (Å²) in [4.78, 5) is 38.5. The maximum Gasteiger partial charge on any atom is 0.326 e. The number of aliphatic carboxylic acids is 1. The van der Waals surface area contributed by atoms with Crippen LogP contribution in [-0.4, -0.2) is 59.1 Å². The van der Waals surface area contributed by atoms with Gasteiger partial charge < -0.3 is 14.7 Å². The predicted octanol–water partition coefficient (Wildman–Crippen LogP) is 2.38. The lowest BCUT2D eigenvalue weighted by molar-refractivity contribution is -0.152. The first-order valence-electron chi connectivity index (χ1n) is 10.4. The third-order valence-electron chi connectivity index (χ3n) is 5.34. The van der Waals surface area contributed by atoms with Gasteiger partial charge in [0.2, 0.25) is 5.91 Å². The number of ether oxygens (including phenoxy) is 1. The van der Waals surface area contributed by atoms with Crippen LogP contribution in [0.1, 0.15) is 51.5 Å². The highest BCUT2D eigenvalue weighted by Crippen LogP contribution is 2.17. The number of likely N-dealkylation sites (tertiary alicyclic amines) is 1. The predicted molar refractivity (Wildman–Crippen MR) is 109 cm³/mol. The fraction of sp³-hybridized carbons (Fsp3) is 0.591. The van der Waals surface area contributed by atoms with Crippen LogP contribution in [0.2, 0.25) is 0 Å². The number of hydrogen-bond donors (Lipinski definition) is 2. The minimum absolute atomic E-state index is 0.256. The van der Waals surface area contributed by atoms with E-state index >= 15 is 0 Å². The van der Waals surface area contributed by atoms with Crippen molar-refractivity contribution in [3.05, 3.63) is 35.9 Å². The molecule has 3 atom stereocenters. The van der Waals surface area contributed by atoms with Crippen LogP contribution in [-0.2, 0) is 25.5 Å². The molecule has 0 aliphatic carbocycles. The van der Waals surface area contributed by atoms with Gasteiger partial charge in [-0.3, -0.25) is 14.9 Å². The lowest BCUT2D eigenvalue weighted by atomic mass is 9.99. The average Bonchev–Trinajstić information content (AvgIpc) is 2.70. The van der Waals surface area contributed by atoms with E-state index in [1.54, 1.807) is 6.92 Å². The minimum atomic E-state index is -1.02. The Bertz CT molecular complexity index is 679. The Kier molecular flexibility index (Phi) is 9.12. The van der Waals surface area contributed by atoms with Crippen LogP contribution in [0.3, 0.4) is 0 Å². The van der Waals surface area contributed by atoms with Crippen molar-refractivity contribution in [3.63, 3.8) is 0 Å². The van der Waals surface area contributed by atoms with Crippen LogP contribution < -0.4 is 5.32 Å². The summed E-state index contributed by atoms with van der Waals surface area (Å²) in [5, 5.41) is 12.6. The van der Waals surface area contributed by atoms with Crippen LogP contribution in [0, 0.1) is 0 Å². The molecule has 0 radical (unpaired) electrons. The van der Waals surface area contributed by atoms with Gasteiger partial charge in [-0.2, -0.15) is 0 Å². The van der Waals surface area contributed by atoms with Crippen LogP contribution in [0.5, 0.6) is 0 Å². The van der Waals surface area contributed by atoms with Crippen molar-refractivity contribution in [2.75, 3.05) is 13.2 Å². The van der Waals surface area contributed by atoms with Crippen molar-refractivity contribution in [3.8, 4) is 0 Å². The second kappa shape index (κ2) is 11.6. The number of carboxylic acid groups (broad SMARTS) is 1. The molecule has 0 spiro atoms. The van der Waals surface area contributed by atoms with E-state index in [9.17, 15) is 19.5 Å². The third-order valence-corrected chi connectivity index (χ3v) is 5.34. The second-order valence-electron chi connectivity index (χ2n) is 7.44. The lowest BCUT2D eigenvalue weighted by Gasteiger charge is -2.34. The Morgan fingerprint density at radius 2 is 1.97 bits per heavy atom. The first-order valence-corrected chi connectivity index (χ1v) is 10.4. The third kappa shape index (κ3) is 6.85. The van der Waals surface area contributed by atoms with Gasteiger partial charge >= 0.3 is 11.9 Å². The molecule has 0 saturated carbocycles. The largest absolute Gasteiger partial charge is 0.480 e. The molecule has 2 rings (SSSR count). The number of rotatable bonds is 9. The highest BCUT2D eigenvalue weighted by Gasteiger charge is 2.34. The van der Waals surface area contributed by atoms with E-state index in [4.69, 9.17) is 4.74 Å².